The average molecular weight is 491 g/mol. The first-order valence-corrected chi connectivity index (χ1v) is 13.5. The van der Waals surface area contributed by atoms with Crippen LogP contribution in [0.3, 0.4) is 0 Å². The van der Waals surface area contributed by atoms with Gasteiger partial charge in [-0.3, -0.25) is 0 Å². The molecule has 2 amide bonds. The molecule has 0 saturated heterocycles. The average Bonchev–Trinajstić information content (AvgIpc) is 3.45. The number of sulfone groups is 1. The molecular weight excluding hydrogens is 452 g/mol. The summed E-state index contributed by atoms with van der Waals surface area (Å²) >= 11 is 0. The lowest BCUT2D eigenvalue weighted by Gasteiger charge is -2.29. The second-order valence-corrected chi connectivity index (χ2v) is 12.5. The van der Waals surface area contributed by atoms with Crippen LogP contribution in [-0.4, -0.2) is 48.1 Å². The molecule has 9 heteroatoms. The van der Waals surface area contributed by atoms with Crippen molar-refractivity contribution in [3.63, 3.8) is 0 Å². The summed E-state index contributed by atoms with van der Waals surface area (Å²) in [7, 11) is -2.16. The number of carbonyl (C=O) groups is 1. The summed E-state index contributed by atoms with van der Waals surface area (Å²) in [6.45, 7) is 11.4. The van der Waals surface area contributed by atoms with E-state index in [9.17, 15) is 13.2 Å². The van der Waals surface area contributed by atoms with Gasteiger partial charge in [0.25, 0.3) is 0 Å². The third-order valence-electron chi connectivity index (χ3n) is 5.52. The second kappa shape index (κ2) is 10.4. The Bertz CT molecular complexity index is 1100. The fourth-order valence-electron chi connectivity index (χ4n) is 3.80. The SMILES string of the molecule is COc1cccc(CS(=O)(=O)c2ncc(CN(CC3CC3)C(=O)NC(C)(C)C)n2CC(C)C)c1. The van der Waals surface area contributed by atoms with Crippen LogP contribution in [-0.2, 0) is 28.7 Å². The molecule has 1 fully saturated rings. The van der Waals surface area contributed by atoms with Crippen LogP contribution in [0.2, 0.25) is 0 Å². The van der Waals surface area contributed by atoms with Crippen molar-refractivity contribution in [2.24, 2.45) is 11.8 Å². The highest BCUT2D eigenvalue weighted by atomic mass is 32.2. The number of benzene rings is 1. The first-order valence-electron chi connectivity index (χ1n) is 11.8. The molecule has 1 aromatic heterocycles. The van der Waals surface area contributed by atoms with Gasteiger partial charge in [0.1, 0.15) is 5.75 Å². The van der Waals surface area contributed by atoms with Crippen LogP contribution in [0.1, 0.15) is 58.7 Å². The van der Waals surface area contributed by atoms with Crippen LogP contribution in [0.4, 0.5) is 4.79 Å². The van der Waals surface area contributed by atoms with Gasteiger partial charge < -0.3 is 19.5 Å². The van der Waals surface area contributed by atoms with Crippen LogP contribution in [0.5, 0.6) is 5.75 Å². The molecule has 0 bridgehead atoms. The Kier molecular flexibility index (Phi) is 7.95. The Balaban J connectivity index is 1.90. The van der Waals surface area contributed by atoms with Crippen LogP contribution >= 0.6 is 0 Å². The maximum Gasteiger partial charge on any atom is 0.318 e. The molecule has 0 aliphatic heterocycles. The van der Waals surface area contributed by atoms with Gasteiger partial charge >= 0.3 is 6.03 Å². The van der Waals surface area contributed by atoms with Crippen LogP contribution < -0.4 is 10.1 Å². The number of nitrogens with zero attached hydrogens (tertiary/aromatic N) is 3. The van der Waals surface area contributed by atoms with Crippen molar-refractivity contribution in [1.29, 1.82) is 0 Å². The molecule has 1 heterocycles. The maximum atomic E-state index is 13.4. The van der Waals surface area contributed by atoms with E-state index in [0.29, 0.717) is 36.9 Å². The molecule has 1 saturated carbocycles. The summed E-state index contributed by atoms with van der Waals surface area (Å²) in [5.74, 6) is 1.15. The van der Waals surface area contributed by atoms with E-state index >= 15 is 0 Å². The molecule has 1 aliphatic rings. The standard InChI is InChI=1S/C25H38N4O4S/c1-18(2)14-29-21(16-28(15-19-10-11-19)23(30)27-25(3,4)5)13-26-24(29)34(31,32)17-20-8-7-9-22(12-20)33-6/h7-9,12-13,18-19H,10-11,14-17H2,1-6H3,(H,27,30). The molecule has 0 radical (unpaired) electrons. The summed E-state index contributed by atoms with van der Waals surface area (Å²) in [5.41, 5.74) is 1.00. The molecule has 0 atom stereocenters. The van der Waals surface area contributed by atoms with Gasteiger partial charge in [-0.2, -0.15) is 0 Å². The molecule has 0 spiro atoms. The predicted octanol–water partition coefficient (Wildman–Crippen LogP) is 4.24. The molecule has 34 heavy (non-hydrogen) atoms. The minimum absolute atomic E-state index is 0.0432. The van der Waals surface area contributed by atoms with Gasteiger partial charge in [-0.05, 0) is 63.1 Å². The van der Waals surface area contributed by atoms with Crippen molar-refractivity contribution in [2.45, 2.75) is 77.0 Å². The Morgan fingerprint density at radius 1 is 1.29 bits per heavy atom. The van der Waals surface area contributed by atoms with E-state index in [0.717, 1.165) is 18.5 Å². The zero-order valence-corrected chi connectivity index (χ0v) is 22.0. The lowest BCUT2D eigenvalue weighted by molar-refractivity contribution is 0.181. The van der Waals surface area contributed by atoms with Crippen molar-refractivity contribution in [3.05, 3.63) is 41.7 Å². The Morgan fingerprint density at radius 3 is 2.59 bits per heavy atom. The largest absolute Gasteiger partial charge is 0.497 e. The van der Waals surface area contributed by atoms with E-state index in [2.05, 4.69) is 10.3 Å². The van der Waals surface area contributed by atoms with E-state index < -0.39 is 9.84 Å². The van der Waals surface area contributed by atoms with Gasteiger partial charge in [0.2, 0.25) is 15.0 Å². The first-order chi connectivity index (χ1) is 15.9. The predicted molar refractivity (Wildman–Crippen MR) is 132 cm³/mol. The summed E-state index contributed by atoms with van der Waals surface area (Å²) in [4.78, 5) is 19.2. The van der Waals surface area contributed by atoms with E-state index in [-0.39, 0.29) is 28.4 Å². The van der Waals surface area contributed by atoms with Crippen molar-refractivity contribution in [1.82, 2.24) is 19.8 Å². The van der Waals surface area contributed by atoms with Gasteiger partial charge in [0, 0.05) is 18.6 Å². The number of hydrogen-bond donors (Lipinski definition) is 1. The molecular formula is C25H38N4O4S. The highest BCUT2D eigenvalue weighted by Gasteiger charge is 2.31. The summed E-state index contributed by atoms with van der Waals surface area (Å²) < 4.78 is 33.8. The Hall–Kier alpha value is -2.55. The van der Waals surface area contributed by atoms with Crippen molar-refractivity contribution in [3.8, 4) is 5.75 Å². The molecule has 1 aliphatic carbocycles. The number of urea groups is 1. The Morgan fingerprint density at radius 2 is 2.00 bits per heavy atom. The van der Waals surface area contributed by atoms with Gasteiger partial charge in [-0.25, -0.2) is 18.2 Å². The number of rotatable bonds is 10. The van der Waals surface area contributed by atoms with Crippen molar-refractivity contribution < 1.29 is 17.9 Å². The minimum atomic E-state index is -3.71. The highest BCUT2D eigenvalue weighted by molar-refractivity contribution is 7.90. The van der Waals surface area contributed by atoms with E-state index in [1.54, 1.807) is 47.0 Å². The Labute approximate surface area is 203 Å². The number of hydrogen-bond acceptors (Lipinski definition) is 5. The number of imidazole rings is 1. The lowest BCUT2D eigenvalue weighted by Crippen LogP contribution is -2.49. The quantitative estimate of drug-likeness (QED) is 0.538. The number of nitrogens with one attached hydrogen (secondary N) is 1. The number of amides is 2. The zero-order chi connectivity index (χ0) is 25.1. The maximum absolute atomic E-state index is 13.4. The monoisotopic (exact) mass is 490 g/mol. The van der Waals surface area contributed by atoms with Crippen LogP contribution in [0.15, 0.2) is 35.6 Å². The second-order valence-electron chi connectivity index (χ2n) is 10.7. The smallest absolute Gasteiger partial charge is 0.318 e. The topological polar surface area (TPSA) is 93.5 Å². The number of ether oxygens (including phenoxy) is 1. The molecule has 3 rings (SSSR count). The highest BCUT2D eigenvalue weighted by Crippen LogP contribution is 2.31. The van der Waals surface area contributed by atoms with Crippen molar-refractivity contribution >= 4 is 15.9 Å². The molecule has 0 unspecified atom stereocenters. The van der Waals surface area contributed by atoms with Gasteiger partial charge in [-0.15, -0.1) is 0 Å². The fraction of sp³-hybridized carbons (Fsp3) is 0.600. The summed E-state index contributed by atoms with van der Waals surface area (Å²) in [5, 5.41) is 3.08. The third kappa shape index (κ3) is 7.22. The minimum Gasteiger partial charge on any atom is -0.497 e. The summed E-state index contributed by atoms with van der Waals surface area (Å²) in [6, 6.07) is 6.91. The van der Waals surface area contributed by atoms with Gasteiger partial charge in [0.15, 0.2) is 0 Å². The number of methoxy groups -OCH3 is 1. The van der Waals surface area contributed by atoms with Gasteiger partial charge in [0.05, 0.1) is 31.3 Å². The fourth-order valence-corrected chi connectivity index (χ4v) is 5.29. The zero-order valence-electron chi connectivity index (χ0n) is 21.2. The van der Waals surface area contributed by atoms with Crippen LogP contribution in [0.25, 0.3) is 0 Å². The third-order valence-corrected chi connectivity index (χ3v) is 7.11. The van der Waals surface area contributed by atoms with E-state index in [4.69, 9.17) is 4.74 Å². The molecule has 1 N–H and O–H groups in total. The van der Waals surface area contributed by atoms with Crippen molar-refractivity contribution in [2.75, 3.05) is 13.7 Å². The van der Waals surface area contributed by atoms with Gasteiger partial charge in [-0.1, -0.05) is 26.0 Å². The molecule has 8 nitrogen and oxygen atoms in total. The summed E-state index contributed by atoms with van der Waals surface area (Å²) in [6.07, 6.45) is 3.83. The normalized spacial score (nSPS) is 14.3. The molecule has 188 valence electrons. The number of aromatic nitrogens is 2. The van der Waals surface area contributed by atoms with E-state index in [1.807, 2.05) is 34.6 Å². The molecule has 2 aromatic rings. The van der Waals surface area contributed by atoms with E-state index in [1.165, 1.54) is 0 Å². The van der Waals surface area contributed by atoms with Crippen LogP contribution in [0, 0.1) is 11.8 Å². The lowest BCUT2D eigenvalue weighted by atomic mass is 10.1. The molecule has 1 aromatic carbocycles. The first kappa shape index (κ1) is 26.1. The number of carbonyl (C=O) groups excluding carboxylic acids is 1.